The fourth-order valence-electron chi connectivity index (χ4n) is 8.74. The molecular weight excluding hydrogens is 637 g/mol. The van der Waals surface area contributed by atoms with Crippen LogP contribution in [0.15, 0.2) is 65.9 Å². The molecule has 49 heavy (non-hydrogen) atoms. The predicted molar refractivity (Wildman–Crippen MR) is 195 cm³/mol. The van der Waals surface area contributed by atoms with Crippen molar-refractivity contribution in [3.8, 4) is 11.5 Å². The number of benzene rings is 1. The van der Waals surface area contributed by atoms with Gasteiger partial charge in [0.15, 0.2) is 0 Å². The molecule has 0 amide bonds. The third-order valence-corrected chi connectivity index (χ3v) is 12.5. The molecule has 8 nitrogen and oxygen atoms in total. The topological polar surface area (TPSA) is 103 Å². The van der Waals surface area contributed by atoms with Crippen LogP contribution in [-0.2, 0) is 16.2 Å². The van der Waals surface area contributed by atoms with E-state index in [9.17, 15) is 10.2 Å². The van der Waals surface area contributed by atoms with Crippen molar-refractivity contribution in [2.24, 2.45) is 22.9 Å². The quantitative estimate of drug-likeness (QED) is 0.0982. The maximum Gasteiger partial charge on any atom is 0.230 e. The van der Waals surface area contributed by atoms with Gasteiger partial charge in [-0.05, 0) is 93.2 Å². The molecule has 0 unspecified atom stereocenters. The molecule has 1 aromatic heterocycles. The molecule has 2 saturated carbocycles. The van der Waals surface area contributed by atoms with E-state index in [-0.39, 0.29) is 42.1 Å². The SMILES string of the molecule is C=CCO[C@@]12Oc3ccc(OCc4cccc(C)n4)cc3[C@H]3[C@H](CCCCO)[C@@H](CCCCO)C=C(C(=NOC)C[C@@H]1SC1CCCC1)[C@H]32. The molecule has 0 radical (unpaired) electrons. The molecule has 4 aliphatic rings. The van der Waals surface area contributed by atoms with Gasteiger partial charge in [0.05, 0.1) is 29.2 Å². The number of ether oxygens (including phenoxy) is 3. The number of unbranched alkanes of at least 4 members (excludes halogenated alkanes) is 2. The van der Waals surface area contributed by atoms with Gasteiger partial charge < -0.3 is 29.3 Å². The number of fused-ring (bicyclic) bond motifs is 2. The van der Waals surface area contributed by atoms with Crippen molar-refractivity contribution in [3.63, 3.8) is 0 Å². The molecule has 266 valence electrons. The Bertz CT molecular complexity index is 1470. The predicted octanol–water partition coefficient (Wildman–Crippen LogP) is 7.91. The molecule has 0 spiro atoms. The monoisotopic (exact) mass is 690 g/mol. The second-order valence-corrected chi connectivity index (χ2v) is 15.5. The smallest absolute Gasteiger partial charge is 0.230 e. The first-order valence-corrected chi connectivity index (χ1v) is 19.3. The number of allylic oxidation sites excluding steroid dienone is 1. The van der Waals surface area contributed by atoms with Crippen LogP contribution in [0.4, 0.5) is 0 Å². The van der Waals surface area contributed by atoms with E-state index in [0.717, 1.165) is 78.3 Å². The van der Waals surface area contributed by atoms with Gasteiger partial charge in [-0.3, -0.25) is 4.98 Å². The summed E-state index contributed by atoms with van der Waals surface area (Å²) in [6.45, 7) is 7.15. The first-order chi connectivity index (χ1) is 24.0. The van der Waals surface area contributed by atoms with E-state index in [2.05, 4.69) is 29.8 Å². The minimum atomic E-state index is -0.920. The highest BCUT2D eigenvalue weighted by molar-refractivity contribution is 8.00. The Morgan fingerprint density at radius 2 is 1.88 bits per heavy atom. The number of hydrogen-bond donors (Lipinski definition) is 2. The fraction of sp³-hybridized carbons (Fsp3) is 0.600. The summed E-state index contributed by atoms with van der Waals surface area (Å²) in [5, 5.41) is 24.8. The standard InChI is InChI=1S/C40H54N2O6S/c1-4-22-47-40-37(49-31-15-5-6-16-31)25-35(42-45-3)33-23-28(13-7-9-20-43)32(17-8-10-21-44)38(39(33)40)34-24-30(18-19-36(34)48-40)46-26-29-14-11-12-27(2)41-29/h4,11-12,14,18-19,23-24,28,31-32,37-39,43-44H,1,5-10,13,15-17,20-22,25-26H2,2-3H3/t28-,32+,37-,38+,39+,40+/m0/s1. The molecule has 9 heteroatoms. The Morgan fingerprint density at radius 3 is 2.61 bits per heavy atom. The highest BCUT2D eigenvalue weighted by Crippen LogP contribution is 2.63. The molecule has 1 aliphatic heterocycles. The Balaban J connectivity index is 1.49. The molecule has 2 fully saturated rings. The number of aliphatic hydroxyl groups excluding tert-OH is 2. The van der Waals surface area contributed by atoms with Gasteiger partial charge in [-0.1, -0.05) is 49.1 Å². The summed E-state index contributed by atoms with van der Waals surface area (Å²) in [6, 6.07) is 12.3. The number of aromatic nitrogens is 1. The zero-order valence-electron chi connectivity index (χ0n) is 29.2. The van der Waals surface area contributed by atoms with E-state index >= 15 is 0 Å². The minimum Gasteiger partial charge on any atom is -0.487 e. The van der Waals surface area contributed by atoms with E-state index in [1.807, 2.05) is 49.0 Å². The van der Waals surface area contributed by atoms with E-state index < -0.39 is 5.79 Å². The second kappa shape index (κ2) is 16.9. The third-order valence-electron chi connectivity index (χ3n) is 10.8. The van der Waals surface area contributed by atoms with Gasteiger partial charge in [0.1, 0.15) is 25.2 Å². The molecule has 1 aromatic carbocycles. The lowest BCUT2D eigenvalue weighted by Gasteiger charge is -2.58. The van der Waals surface area contributed by atoms with Crippen molar-refractivity contribution in [1.82, 2.24) is 4.98 Å². The summed E-state index contributed by atoms with van der Waals surface area (Å²) in [4.78, 5) is 10.2. The first kappa shape index (κ1) is 36.0. The third kappa shape index (κ3) is 7.90. The lowest BCUT2D eigenvalue weighted by atomic mass is 9.56. The van der Waals surface area contributed by atoms with Gasteiger partial charge in [-0.2, -0.15) is 0 Å². The van der Waals surface area contributed by atoms with Crippen molar-refractivity contribution >= 4 is 17.5 Å². The number of rotatable bonds is 17. The van der Waals surface area contributed by atoms with E-state index in [4.69, 9.17) is 24.2 Å². The summed E-state index contributed by atoms with van der Waals surface area (Å²) in [7, 11) is 1.64. The summed E-state index contributed by atoms with van der Waals surface area (Å²) >= 11 is 2.02. The molecule has 2 heterocycles. The summed E-state index contributed by atoms with van der Waals surface area (Å²) in [5.74, 6) is 1.16. The number of aryl methyl sites for hydroxylation is 1. The first-order valence-electron chi connectivity index (χ1n) is 18.3. The van der Waals surface area contributed by atoms with Gasteiger partial charge in [0.25, 0.3) is 0 Å². The van der Waals surface area contributed by atoms with Crippen molar-refractivity contribution in [3.05, 3.63) is 77.7 Å². The van der Waals surface area contributed by atoms with Crippen LogP contribution in [0.2, 0.25) is 0 Å². The van der Waals surface area contributed by atoms with Crippen molar-refractivity contribution in [1.29, 1.82) is 0 Å². The van der Waals surface area contributed by atoms with Crippen LogP contribution >= 0.6 is 11.8 Å². The number of hydrogen-bond acceptors (Lipinski definition) is 9. The lowest BCUT2D eigenvalue weighted by Crippen LogP contribution is -2.64. The lowest BCUT2D eigenvalue weighted by molar-refractivity contribution is -0.223. The molecular formula is C40H54N2O6S. The summed E-state index contributed by atoms with van der Waals surface area (Å²) < 4.78 is 20.7. The largest absolute Gasteiger partial charge is 0.487 e. The number of pyridine rings is 1. The maximum absolute atomic E-state index is 9.82. The Hall–Kier alpha value is -2.85. The van der Waals surface area contributed by atoms with Crippen LogP contribution in [0.5, 0.6) is 11.5 Å². The van der Waals surface area contributed by atoms with E-state index in [1.54, 1.807) is 7.11 Å². The van der Waals surface area contributed by atoms with Crippen molar-refractivity contribution in [2.75, 3.05) is 26.9 Å². The highest BCUT2D eigenvalue weighted by atomic mass is 32.2. The van der Waals surface area contributed by atoms with Crippen LogP contribution in [0.25, 0.3) is 0 Å². The van der Waals surface area contributed by atoms with Crippen molar-refractivity contribution < 1.29 is 29.3 Å². The zero-order valence-corrected chi connectivity index (χ0v) is 30.0. The van der Waals surface area contributed by atoms with Gasteiger partial charge in [-0.15, -0.1) is 18.3 Å². The number of oxime groups is 1. The van der Waals surface area contributed by atoms with E-state index in [1.165, 1.54) is 25.7 Å². The molecule has 3 aliphatic carbocycles. The Labute approximate surface area is 296 Å². The Morgan fingerprint density at radius 1 is 1.08 bits per heavy atom. The average molecular weight is 691 g/mol. The fourth-order valence-corrected chi connectivity index (χ4v) is 10.5. The van der Waals surface area contributed by atoms with Crippen LogP contribution < -0.4 is 9.47 Å². The normalized spacial score (nSPS) is 28.4. The summed E-state index contributed by atoms with van der Waals surface area (Å²) in [6.07, 6.45) is 15.2. The second-order valence-electron chi connectivity index (χ2n) is 14.0. The number of nitrogens with zero attached hydrogens (tertiary/aromatic N) is 2. The molecule has 0 bridgehead atoms. The maximum atomic E-state index is 9.82. The molecule has 2 N–H and O–H groups in total. The van der Waals surface area contributed by atoms with Crippen LogP contribution in [-0.4, -0.2) is 64.1 Å². The Kier molecular flexibility index (Phi) is 12.4. The average Bonchev–Trinajstić information content (AvgIpc) is 3.62. The van der Waals surface area contributed by atoms with Gasteiger partial charge in [0.2, 0.25) is 5.79 Å². The molecule has 0 saturated heterocycles. The van der Waals surface area contributed by atoms with Crippen LogP contribution in [0, 0.1) is 24.7 Å². The van der Waals surface area contributed by atoms with Crippen LogP contribution in [0.3, 0.4) is 0 Å². The van der Waals surface area contributed by atoms with Crippen molar-refractivity contribution in [2.45, 2.75) is 106 Å². The molecule has 2 aromatic rings. The van der Waals surface area contributed by atoms with Gasteiger partial charge in [-0.25, -0.2) is 0 Å². The number of thioether (sulfide) groups is 1. The highest BCUT2D eigenvalue weighted by Gasteiger charge is 2.64. The molecule has 6 atom stereocenters. The van der Waals surface area contributed by atoms with Crippen LogP contribution in [0.1, 0.15) is 93.5 Å². The number of aliphatic hydroxyl groups is 2. The van der Waals surface area contributed by atoms with Gasteiger partial charge in [0, 0.05) is 42.1 Å². The molecule has 6 rings (SSSR count). The van der Waals surface area contributed by atoms with Gasteiger partial charge >= 0.3 is 0 Å². The zero-order chi connectivity index (χ0) is 34.2. The summed E-state index contributed by atoms with van der Waals surface area (Å²) in [5.41, 5.74) is 5.13. The van der Waals surface area contributed by atoms with E-state index in [0.29, 0.717) is 24.9 Å². The minimum absolute atomic E-state index is 0.00889.